The van der Waals surface area contributed by atoms with E-state index < -0.39 is 39.3 Å². The second kappa shape index (κ2) is 4.69. The standard InChI is InChI=1S/C10H8FNO5/c1-5(13)9-7(10(14)17-2)3-6(11)4-8(9)12(15)16/h3-4H,1-2H3. The van der Waals surface area contributed by atoms with Gasteiger partial charge in [0.25, 0.3) is 5.69 Å². The van der Waals surface area contributed by atoms with Gasteiger partial charge in [0.05, 0.1) is 23.7 Å². The van der Waals surface area contributed by atoms with Crippen molar-refractivity contribution in [1.82, 2.24) is 0 Å². The molecule has 0 atom stereocenters. The Morgan fingerprint density at radius 3 is 2.41 bits per heavy atom. The molecule has 0 bridgehead atoms. The molecule has 0 fully saturated rings. The molecule has 7 heteroatoms. The van der Waals surface area contributed by atoms with Gasteiger partial charge in [0, 0.05) is 0 Å². The number of carbonyl (C=O) groups excluding carboxylic acids is 2. The van der Waals surface area contributed by atoms with Crippen molar-refractivity contribution < 1.29 is 23.6 Å². The molecule has 0 amide bonds. The van der Waals surface area contributed by atoms with E-state index in [1.54, 1.807) is 0 Å². The van der Waals surface area contributed by atoms with Gasteiger partial charge in [-0.15, -0.1) is 0 Å². The molecule has 0 aromatic heterocycles. The van der Waals surface area contributed by atoms with Crippen molar-refractivity contribution in [2.75, 3.05) is 7.11 Å². The summed E-state index contributed by atoms with van der Waals surface area (Å²) in [7, 11) is 1.03. The highest BCUT2D eigenvalue weighted by Gasteiger charge is 2.27. The predicted octanol–water partition coefficient (Wildman–Crippen LogP) is 1.72. The van der Waals surface area contributed by atoms with Gasteiger partial charge in [-0.1, -0.05) is 0 Å². The summed E-state index contributed by atoms with van der Waals surface area (Å²) in [4.78, 5) is 32.3. The molecule has 17 heavy (non-hydrogen) atoms. The third-order valence-corrected chi connectivity index (χ3v) is 2.04. The molecule has 0 unspecified atom stereocenters. The van der Waals surface area contributed by atoms with E-state index in [1.807, 2.05) is 0 Å². The van der Waals surface area contributed by atoms with E-state index in [0.717, 1.165) is 20.1 Å². The first kappa shape index (κ1) is 12.8. The van der Waals surface area contributed by atoms with E-state index in [-0.39, 0.29) is 0 Å². The number of halogens is 1. The molecule has 1 aromatic rings. The Morgan fingerprint density at radius 2 is 2.00 bits per heavy atom. The maximum atomic E-state index is 13.1. The summed E-state index contributed by atoms with van der Waals surface area (Å²) in [5.41, 5.74) is -1.66. The monoisotopic (exact) mass is 241 g/mol. The summed E-state index contributed by atoms with van der Waals surface area (Å²) in [5.74, 6) is -2.70. The van der Waals surface area contributed by atoms with Gasteiger partial charge in [-0.05, 0) is 13.0 Å². The molecule has 0 N–H and O–H groups in total. The summed E-state index contributed by atoms with van der Waals surface area (Å²) in [6.45, 7) is 1.05. The Bertz CT molecular complexity index is 512. The fraction of sp³-hybridized carbons (Fsp3) is 0.200. The zero-order chi connectivity index (χ0) is 13.2. The second-order valence-electron chi connectivity index (χ2n) is 3.15. The lowest BCUT2D eigenvalue weighted by atomic mass is 10.0. The van der Waals surface area contributed by atoms with E-state index >= 15 is 0 Å². The first-order valence-corrected chi connectivity index (χ1v) is 4.45. The number of carbonyl (C=O) groups is 2. The number of nitrogens with zero attached hydrogens (tertiary/aromatic N) is 1. The number of nitro groups is 1. The lowest BCUT2D eigenvalue weighted by Crippen LogP contribution is -2.12. The zero-order valence-electron chi connectivity index (χ0n) is 9.02. The third kappa shape index (κ3) is 2.44. The van der Waals surface area contributed by atoms with Crippen LogP contribution >= 0.6 is 0 Å². The Kier molecular flexibility index (Phi) is 3.52. The summed E-state index contributed by atoms with van der Waals surface area (Å²) < 4.78 is 17.4. The number of Topliss-reactive ketones (excluding diaryl/α,β-unsaturated/α-hetero) is 1. The normalized spacial score (nSPS) is 9.82. The molecule has 0 spiro atoms. The van der Waals surface area contributed by atoms with Crippen molar-refractivity contribution in [3.8, 4) is 0 Å². The number of hydrogen-bond acceptors (Lipinski definition) is 5. The third-order valence-electron chi connectivity index (χ3n) is 2.04. The average Bonchev–Trinajstić information content (AvgIpc) is 2.26. The number of rotatable bonds is 3. The lowest BCUT2D eigenvalue weighted by molar-refractivity contribution is -0.385. The largest absolute Gasteiger partial charge is 0.465 e. The van der Waals surface area contributed by atoms with Crippen LogP contribution in [0.4, 0.5) is 10.1 Å². The van der Waals surface area contributed by atoms with E-state index in [4.69, 9.17) is 0 Å². The lowest BCUT2D eigenvalue weighted by Gasteiger charge is -2.06. The Morgan fingerprint density at radius 1 is 1.41 bits per heavy atom. The number of ether oxygens (including phenoxy) is 1. The van der Waals surface area contributed by atoms with Gasteiger partial charge in [-0.3, -0.25) is 14.9 Å². The van der Waals surface area contributed by atoms with Crippen molar-refractivity contribution in [3.63, 3.8) is 0 Å². The van der Waals surface area contributed by atoms with E-state index in [1.165, 1.54) is 0 Å². The fourth-order valence-corrected chi connectivity index (χ4v) is 1.38. The maximum absolute atomic E-state index is 13.1. The van der Waals surface area contributed by atoms with E-state index in [9.17, 15) is 24.1 Å². The van der Waals surface area contributed by atoms with Crippen LogP contribution in [0.5, 0.6) is 0 Å². The van der Waals surface area contributed by atoms with Gasteiger partial charge in [0.2, 0.25) is 0 Å². The number of ketones is 1. The quantitative estimate of drug-likeness (QED) is 0.348. The summed E-state index contributed by atoms with van der Waals surface area (Å²) in [5, 5.41) is 10.7. The molecule has 0 saturated heterocycles. The fourth-order valence-electron chi connectivity index (χ4n) is 1.38. The smallest absolute Gasteiger partial charge is 0.338 e. The topological polar surface area (TPSA) is 86.5 Å². The minimum atomic E-state index is -1.00. The number of methoxy groups -OCH3 is 1. The van der Waals surface area contributed by atoms with Gasteiger partial charge in [0.15, 0.2) is 5.78 Å². The second-order valence-corrected chi connectivity index (χ2v) is 3.15. The Labute approximate surface area is 95.1 Å². The summed E-state index contributed by atoms with van der Waals surface area (Å²) >= 11 is 0. The minimum Gasteiger partial charge on any atom is -0.465 e. The molecule has 1 aromatic carbocycles. The molecular formula is C10H8FNO5. The van der Waals surface area contributed by atoms with Crippen LogP contribution in [0.3, 0.4) is 0 Å². The molecule has 90 valence electrons. The number of nitro benzene ring substituents is 1. The number of benzene rings is 1. The first-order chi connectivity index (χ1) is 7.88. The average molecular weight is 241 g/mol. The molecular weight excluding hydrogens is 233 g/mol. The van der Waals surface area contributed by atoms with Crippen molar-refractivity contribution >= 4 is 17.4 Å². The summed E-state index contributed by atoms with van der Waals surface area (Å²) in [6, 6.07) is 1.32. The van der Waals surface area contributed by atoms with Gasteiger partial charge >= 0.3 is 5.97 Å². The molecule has 0 radical (unpaired) electrons. The van der Waals surface area contributed by atoms with Crippen molar-refractivity contribution in [2.24, 2.45) is 0 Å². The van der Waals surface area contributed by atoms with Crippen LogP contribution in [0.2, 0.25) is 0 Å². The van der Waals surface area contributed by atoms with Crippen molar-refractivity contribution in [2.45, 2.75) is 6.92 Å². The highest BCUT2D eigenvalue weighted by Crippen LogP contribution is 2.25. The molecule has 0 aliphatic rings. The van der Waals surface area contributed by atoms with Crippen molar-refractivity contribution in [3.05, 3.63) is 39.2 Å². The van der Waals surface area contributed by atoms with E-state index in [0.29, 0.717) is 6.07 Å². The molecule has 0 aliphatic heterocycles. The summed E-state index contributed by atoms with van der Waals surface area (Å²) in [6.07, 6.45) is 0. The zero-order valence-corrected chi connectivity index (χ0v) is 9.02. The van der Waals surface area contributed by atoms with Crippen LogP contribution in [0.15, 0.2) is 12.1 Å². The van der Waals surface area contributed by atoms with Gasteiger partial charge in [-0.25, -0.2) is 9.18 Å². The van der Waals surface area contributed by atoms with Gasteiger partial charge in [0.1, 0.15) is 11.4 Å². The Hall–Kier alpha value is -2.31. The predicted molar refractivity (Wildman–Crippen MR) is 54.4 cm³/mol. The molecule has 1 rings (SSSR count). The Balaban J connectivity index is 3.63. The molecule has 0 aliphatic carbocycles. The van der Waals surface area contributed by atoms with Crippen LogP contribution in [0.1, 0.15) is 27.6 Å². The minimum absolute atomic E-state index is 0.452. The molecule has 0 saturated carbocycles. The molecule has 6 nitrogen and oxygen atoms in total. The van der Waals surface area contributed by atoms with Crippen LogP contribution in [0.25, 0.3) is 0 Å². The van der Waals surface area contributed by atoms with Crippen LogP contribution in [-0.4, -0.2) is 23.8 Å². The van der Waals surface area contributed by atoms with E-state index in [2.05, 4.69) is 4.74 Å². The highest BCUT2D eigenvalue weighted by molar-refractivity contribution is 6.08. The highest BCUT2D eigenvalue weighted by atomic mass is 19.1. The SMILES string of the molecule is COC(=O)c1cc(F)cc([N+](=O)[O-])c1C(C)=O. The number of hydrogen-bond donors (Lipinski definition) is 0. The molecule has 0 heterocycles. The van der Waals surface area contributed by atoms with Crippen molar-refractivity contribution in [1.29, 1.82) is 0 Å². The van der Waals surface area contributed by atoms with Crippen LogP contribution < -0.4 is 0 Å². The van der Waals surface area contributed by atoms with Crippen LogP contribution in [0, 0.1) is 15.9 Å². The van der Waals surface area contributed by atoms with Gasteiger partial charge < -0.3 is 4.74 Å². The first-order valence-electron chi connectivity index (χ1n) is 4.45. The van der Waals surface area contributed by atoms with Crippen LogP contribution in [-0.2, 0) is 4.74 Å². The number of esters is 1. The van der Waals surface area contributed by atoms with Gasteiger partial charge in [-0.2, -0.15) is 0 Å². The maximum Gasteiger partial charge on any atom is 0.338 e.